The van der Waals surface area contributed by atoms with Crippen molar-refractivity contribution in [3.8, 4) is 5.75 Å². The highest BCUT2D eigenvalue weighted by Crippen LogP contribution is 2.21. The van der Waals surface area contributed by atoms with E-state index >= 15 is 0 Å². The maximum absolute atomic E-state index is 13.2. The minimum atomic E-state index is -0.447. The number of amides is 1. The molecule has 0 unspecified atom stereocenters. The number of halogens is 2. The van der Waals surface area contributed by atoms with Crippen LogP contribution in [-0.2, 0) is 6.61 Å². The quantitative estimate of drug-likeness (QED) is 0.721. The van der Waals surface area contributed by atoms with Gasteiger partial charge < -0.3 is 14.6 Å². The van der Waals surface area contributed by atoms with E-state index < -0.39 is 11.7 Å². The van der Waals surface area contributed by atoms with Gasteiger partial charge in [-0.05, 0) is 37.3 Å². The Labute approximate surface area is 148 Å². The molecule has 1 heterocycles. The van der Waals surface area contributed by atoms with Crippen molar-refractivity contribution in [2.45, 2.75) is 13.5 Å². The van der Waals surface area contributed by atoms with Crippen LogP contribution in [0.1, 0.15) is 21.8 Å². The lowest BCUT2D eigenvalue weighted by molar-refractivity contribution is 0.101. The number of benzene rings is 2. The molecule has 0 atom stereocenters. The molecule has 0 aliphatic carbocycles. The number of anilines is 1. The number of hydrogen-bond acceptors (Lipinski definition) is 4. The van der Waals surface area contributed by atoms with Crippen LogP contribution in [0.15, 0.2) is 53.1 Å². The number of hydrogen-bond donors (Lipinski definition) is 1. The molecular formula is C18H14ClFN2O3. The van der Waals surface area contributed by atoms with Gasteiger partial charge in [0.1, 0.15) is 23.9 Å². The van der Waals surface area contributed by atoms with Gasteiger partial charge in [-0.25, -0.2) is 4.39 Å². The first-order valence-electron chi connectivity index (χ1n) is 7.43. The van der Waals surface area contributed by atoms with Crippen molar-refractivity contribution in [3.05, 3.63) is 76.4 Å². The molecule has 128 valence electrons. The second-order valence-electron chi connectivity index (χ2n) is 5.28. The summed E-state index contributed by atoms with van der Waals surface area (Å²) in [4.78, 5) is 12.4. The zero-order chi connectivity index (χ0) is 17.8. The van der Waals surface area contributed by atoms with Crippen molar-refractivity contribution in [2.24, 2.45) is 0 Å². The second kappa shape index (κ2) is 7.36. The minimum Gasteiger partial charge on any atom is -0.489 e. The number of ether oxygens (including phenoxy) is 1. The molecule has 1 N–H and O–H groups in total. The molecule has 0 radical (unpaired) electrons. The van der Waals surface area contributed by atoms with Crippen LogP contribution in [-0.4, -0.2) is 11.1 Å². The maximum atomic E-state index is 13.2. The van der Waals surface area contributed by atoms with E-state index in [0.29, 0.717) is 27.8 Å². The van der Waals surface area contributed by atoms with Gasteiger partial charge in [-0.3, -0.25) is 4.79 Å². The number of aryl methyl sites for hydroxylation is 1. The Hall–Kier alpha value is -2.86. The first-order valence-corrected chi connectivity index (χ1v) is 7.81. The Morgan fingerprint density at radius 1 is 1.28 bits per heavy atom. The van der Waals surface area contributed by atoms with Gasteiger partial charge in [0.15, 0.2) is 5.69 Å². The molecule has 3 rings (SSSR count). The summed E-state index contributed by atoms with van der Waals surface area (Å²) < 4.78 is 23.8. The fourth-order valence-corrected chi connectivity index (χ4v) is 2.40. The molecule has 0 saturated carbocycles. The zero-order valence-corrected chi connectivity index (χ0v) is 14.0. The molecule has 1 amide bonds. The summed E-state index contributed by atoms with van der Waals surface area (Å²) in [6.07, 6.45) is 0. The minimum absolute atomic E-state index is 0.0249. The first-order chi connectivity index (χ1) is 12.0. The Balaban J connectivity index is 1.75. The fraction of sp³-hybridized carbons (Fsp3) is 0.111. The lowest BCUT2D eigenvalue weighted by Gasteiger charge is -2.07. The van der Waals surface area contributed by atoms with Gasteiger partial charge in [-0.15, -0.1) is 0 Å². The largest absolute Gasteiger partial charge is 0.489 e. The molecule has 2 aromatic carbocycles. The van der Waals surface area contributed by atoms with Crippen LogP contribution in [0.5, 0.6) is 5.75 Å². The maximum Gasteiger partial charge on any atom is 0.278 e. The molecule has 0 aliphatic rings. The molecule has 0 saturated heterocycles. The van der Waals surface area contributed by atoms with Gasteiger partial charge in [0, 0.05) is 16.8 Å². The normalized spacial score (nSPS) is 10.5. The predicted octanol–water partition coefficient (Wildman–Crippen LogP) is 4.61. The van der Waals surface area contributed by atoms with E-state index in [1.54, 1.807) is 37.3 Å². The number of rotatable bonds is 5. The van der Waals surface area contributed by atoms with Crippen molar-refractivity contribution in [3.63, 3.8) is 0 Å². The van der Waals surface area contributed by atoms with Crippen molar-refractivity contribution in [2.75, 3.05) is 5.32 Å². The van der Waals surface area contributed by atoms with Gasteiger partial charge in [-0.2, -0.15) is 0 Å². The standard InChI is InChI=1S/C18H14ClFN2O3/c1-11-16(10-24-15-7-3-5-13(20)9-15)17(22-25-11)18(23)21-14-6-2-4-12(19)8-14/h2-9H,10H2,1H3,(H,21,23). The van der Waals surface area contributed by atoms with E-state index in [1.165, 1.54) is 18.2 Å². The van der Waals surface area contributed by atoms with Crippen molar-refractivity contribution in [1.82, 2.24) is 5.16 Å². The predicted molar refractivity (Wildman–Crippen MR) is 91.4 cm³/mol. The number of carbonyl (C=O) groups excluding carboxylic acids is 1. The van der Waals surface area contributed by atoms with E-state index in [4.69, 9.17) is 20.9 Å². The molecule has 5 nitrogen and oxygen atoms in total. The van der Waals surface area contributed by atoms with E-state index in [0.717, 1.165) is 0 Å². The van der Waals surface area contributed by atoms with Crippen LogP contribution in [0.4, 0.5) is 10.1 Å². The molecule has 0 fully saturated rings. The van der Waals surface area contributed by atoms with Gasteiger partial charge in [0.2, 0.25) is 0 Å². The van der Waals surface area contributed by atoms with Crippen LogP contribution in [0.2, 0.25) is 5.02 Å². The Morgan fingerprint density at radius 2 is 2.08 bits per heavy atom. The van der Waals surface area contributed by atoms with Gasteiger partial charge >= 0.3 is 0 Å². The van der Waals surface area contributed by atoms with Crippen LogP contribution in [0.3, 0.4) is 0 Å². The van der Waals surface area contributed by atoms with Crippen molar-refractivity contribution in [1.29, 1.82) is 0 Å². The third kappa shape index (κ3) is 4.16. The van der Waals surface area contributed by atoms with Crippen LogP contribution in [0, 0.1) is 12.7 Å². The SMILES string of the molecule is Cc1onc(C(=O)Nc2cccc(Cl)c2)c1COc1cccc(F)c1. The molecule has 1 aromatic heterocycles. The first kappa shape index (κ1) is 17.0. The van der Waals surface area contributed by atoms with Gasteiger partial charge in [0.05, 0.1) is 5.56 Å². The number of nitrogens with one attached hydrogen (secondary N) is 1. The summed E-state index contributed by atoms with van der Waals surface area (Å²) in [6.45, 7) is 1.70. The lowest BCUT2D eigenvalue weighted by Crippen LogP contribution is -2.15. The molecule has 7 heteroatoms. The van der Waals surface area contributed by atoms with E-state index in [2.05, 4.69) is 10.5 Å². The molecule has 0 aliphatic heterocycles. The molecule has 25 heavy (non-hydrogen) atoms. The van der Waals surface area contributed by atoms with E-state index in [1.807, 2.05) is 0 Å². The molecule has 0 bridgehead atoms. The lowest BCUT2D eigenvalue weighted by atomic mass is 10.2. The summed E-state index contributed by atoms with van der Waals surface area (Å²) in [5.74, 6) is -0.0510. The van der Waals surface area contributed by atoms with E-state index in [-0.39, 0.29) is 12.3 Å². The van der Waals surface area contributed by atoms with Crippen molar-refractivity contribution >= 4 is 23.2 Å². The summed E-state index contributed by atoms with van der Waals surface area (Å²) in [5, 5.41) is 6.99. The number of carbonyl (C=O) groups is 1. The third-order valence-corrected chi connectivity index (χ3v) is 3.70. The topological polar surface area (TPSA) is 64.4 Å². The number of aromatic nitrogens is 1. The third-order valence-electron chi connectivity index (χ3n) is 3.46. The highest BCUT2D eigenvalue weighted by atomic mass is 35.5. The number of nitrogens with zero attached hydrogens (tertiary/aromatic N) is 1. The molecule has 3 aromatic rings. The van der Waals surface area contributed by atoms with Gasteiger partial charge in [0.25, 0.3) is 5.91 Å². The van der Waals surface area contributed by atoms with Crippen LogP contribution >= 0.6 is 11.6 Å². The summed E-state index contributed by atoms with van der Waals surface area (Å²) in [6, 6.07) is 12.5. The van der Waals surface area contributed by atoms with Crippen molar-refractivity contribution < 1.29 is 18.4 Å². The average molecular weight is 361 g/mol. The Kier molecular flexibility index (Phi) is 5.00. The highest BCUT2D eigenvalue weighted by molar-refractivity contribution is 6.30. The van der Waals surface area contributed by atoms with E-state index in [9.17, 15) is 9.18 Å². The monoisotopic (exact) mass is 360 g/mol. The smallest absolute Gasteiger partial charge is 0.278 e. The van der Waals surface area contributed by atoms with Gasteiger partial charge in [-0.1, -0.05) is 28.9 Å². The second-order valence-corrected chi connectivity index (χ2v) is 5.71. The average Bonchev–Trinajstić information content (AvgIpc) is 2.94. The summed E-state index contributed by atoms with van der Waals surface area (Å²) in [7, 11) is 0. The summed E-state index contributed by atoms with van der Waals surface area (Å²) >= 11 is 5.90. The Morgan fingerprint density at radius 3 is 2.84 bits per heavy atom. The Bertz CT molecular complexity index is 911. The molecular weight excluding hydrogens is 347 g/mol. The molecule has 0 spiro atoms. The van der Waals surface area contributed by atoms with Crippen LogP contribution in [0.25, 0.3) is 0 Å². The zero-order valence-electron chi connectivity index (χ0n) is 13.3. The fourth-order valence-electron chi connectivity index (χ4n) is 2.21. The summed E-state index contributed by atoms with van der Waals surface area (Å²) in [5.41, 5.74) is 1.13. The van der Waals surface area contributed by atoms with Crippen LogP contribution < -0.4 is 10.1 Å². The highest BCUT2D eigenvalue weighted by Gasteiger charge is 2.20.